The van der Waals surface area contributed by atoms with E-state index in [9.17, 15) is 5.26 Å². The van der Waals surface area contributed by atoms with E-state index >= 15 is 0 Å². The standard InChI is InChI=1S/C18H19ClN2O/c1-21(2)17-8-6-14(7-9-17)15(13-20)10-11-22-18-5-3-4-16(19)12-18/h3-9,12,15H,10-11H2,1-2H3. The molecule has 2 aromatic rings. The zero-order chi connectivity index (χ0) is 15.9. The molecule has 0 fully saturated rings. The van der Waals surface area contributed by atoms with Crippen molar-refractivity contribution in [3.63, 3.8) is 0 Å². The van der Waals surface area contributed by atoms with Crippen LogP contribution < -0.4 is 9.64 Å². The number of ether oxygens (including phenoxy) is 1. The van der Waals surface area contributed by atoms with Crippen LogP contribution in [-0.4, -0.2) is 20.7 Å². The van der Waals surface area contributed by atoms with Gasteiger partial charge in [0, 0.05) is 31.2 Å². The van der Waals surface area contributed by atoms with Gasteiger partial charge in [-0.3, -0.25) is 0 Å². The molecule has 0 radical (unpaired) electrons. The second kappa shape index (κ2) is 7.72. The van der Waals surface area contributed by atoms with Crippen LogP contribution in [0.2, 0.25) is 5.02 Å². The van der Waals surface area contributed by atoms with Crippen molar-refractivity contribution in [2.75, 3.05) is 25.6 Å². The molecular formula is C18H19ClN2O. The summed E-state index contributed by atoms with van der Waals surface area (Å²) in [6.07, 6.45) is 0.643. The lowest BCUT2D eigenvalue weighted by atomic mass is 9.97. The molecule has 22 heavy (non-hydrogen) atoms. The Hall–Kier alpha value is -2.18. The molecule has 0 N–H and O–H groups in total. The van der Waals surface area contributed by atoms with Crippen molar-refractivity contribution in [1.29, 1.82) is 5.26 Å². The second-order valence-corrected chi connectivity index (χ2v) is 5.70. The zero-order valence-electron chi connectivity index (χ0n) is 12.8. The number of rotatable bonds is 6. The van der Waals surface area contributed by atoms with Gasteiger partial charge >= 0.3 is 0 Å². The molecule has 0 amide bonds. The summed E-state index contributed by atoms with van der Waals surface area (Å²) in [5.41, 5.74) is 2.14. The molecule has 1 atom stereocenters. The number of halogens is 1. The average molecular weight is 315 g/mol. The maximum atomic E-state index is 9.36. The van der Waals surface area contributed by atoms with Crippen LogP contribution >= 0.6 is 11.6 Å². The summed E-state index contributed by atoms with van der Waals surface area (Å²) >= 11 is 5.91. The highest BCUT2D eigenvalue weighted by Gasteiger charge is 2.11. The highest BCUT2D eigenvalue weighted by Crippen LogP contribution is 2.23. The van der Waals surface area contributed by atoms with Crippen LogP contribution in [0.5, 0.6) is 5.75 Å². The molecule has 2 aromatic carbocycles. The fraction of sp³-hybridized carbons (Fsp3) is 0.278. The van der Waals surface area contributed by atoms with E-state index in [1.54, 1.807) is 12.1 Å². The first-order valence-corrected chi connectivity index (χ1v) is 7.53. The van der Waals surface area contributed by atoms with Crippen molar-refractivity contribution in [2.45, 2.75) is 12.3 Å². The Kier molecular flexibility index (Phi) is 5.68. The summed E-state index contributed by atoms with van der Waals surface area (Å²) in [7, 11) is 3.99. The Balaban J connectivity index is 1.93. The molecule has 2 rings (SSSR count). The summed E-state index contributed by atoms with van der Waals surface area (Å²) < 4.78 is 5.66. The summed E-state index contributed by atoms with van der Waals surface area (Å²) in [5.74, 6) is 0.558. The highest BCUT2D eigenvalue weighted by molar-refractivity contribution is 6.30. The van der Waals surface area contributed by atoms with Gasteiger partial charge in [-0.2, -0.15) is 5.26 Å². The van der Waals surface area contributed by atoms with Crippen LogP contribution in [0.4, 0.5) is 5.69 Å². The maximum absolute atomic E-state index is 9.36. The molecule has 3 nitrogen and oxygen atoms in total. The van der Waals surface area contributed by atoms with Gasteiger partial charge in [0.05, 0.1) is 18.6 Å². The first-order chi connectivity index (χ1) is 10.6. The predicted octanol–water partition coefficient (Wildman–Crippen LogP) is 4.48. The second-order valence-electron chi connectivity index (χ2n) is 5.26. The molecule has 0 spiro atoms. The molecule has 0 saturated carbocycles. The van der Waals surface area contributed by atoms with Crippen molar-refractivity contribution in [3.05, 3.63) is 59.1 Å². The molecule has 4 heteroatoms. The Morgan fingerprint density at radius 3 is 2.50 bits per heavy atom. The van der Waals surface area contributed by atoms with Crippen molar-refractivity contribution >= 4 is 17.3 Å². The van der Waals surface area contributed by atoms with E-state index in [4.69, 9.17) is 16.3 Å². The maximum Gasteiger partial charge on any atom is 0.120 e. The van der Waals surface area contributed by atoms with Gasteiger partial charge in [0.1, 0.15) is 5.75 Å². The largest absolute Gasteiger partial charge is 0.493 e. The number of nitriles is 1. The average Bonchev–Trinajstić information content (AvgIpc) is 2.52. The van der Waals surface area contributed by atoms with Crippen LogP contribution in [0.15, 0.2) is 48.5 Å². The molecule has 0 aromatic heterocycles. The fourth-order valence-corrected chi connectivity index (χ4v) is 2.34. The van der Waals surface area contributed by atoms with Crippen molar-refractivity contribution in [1.82, 2.24) is 0 Å². The van der Waals surface area contributed by atoms with Crippen molar-refractivity contribution < 1.29 is 4.74 Å². The molecule has 0 bridgehead atoms. The lowest BCUT2D eigenvalue weighted by Gasteiger charge is -2.15. The third kappa shape index (κ3) is 4.41. The Bertz CT molecular complexity index is 647. The van der Waals surface area contributed by atoms with E-state index in [1.165, 1.54) is 0 Å². The van der Waals surface area contributed by atoms with Crippen molar-refractivity contribution in [3.8, 4) is 11.8 Å². The van der Waals surface area contributed by atoms with E-state index in [0.29, 0.717) is 18.1 Å². The van der Waals surface area contributed by atoms with Gasteiger partial charge in [0.2, 0.25) is 0 Å². The molecule has 0 aliphatic rings. The van der Waals surface area contributed by atoms with Gasteiger partial charge < -0.3 is 9.64 Å². The number of anilines is 1. The van der Waals surface area contributed by atoms with Gasteiger partial charge in [-0.05, 0) is 35.9 Å². The molecule has 0 saturated heterocycles. The third-order valence-electron chi connectivity index (χ3n) is 3.44. The van der Waals surface area contributed by atoms with E-state index < -0.39 is 0 Å². The van der Waals surface area contributed by atoms with Gasteiger partial charge in [-0.25, -0.2) is 0 Å². The normalized spacial score (nSPS) is 11.5. The van der Waals surface area contributed by atoms with E-state index in [-0.39, 0.29) is 5.92 Å². The number of nitrogens with zero attached hydrogens (tertiary/aromatic N) is 2. The first kappa shape index (κ1) is 16.2. The van der Waals surface area contributed by atoms with Crippen LogP contribution in [0.25, 0.3) is 0 Å². The third-order valence-corrected chi connectivity index (χ3v) is 3.67. The summed E-state index contributed by atoms with van der Waals surface area (Å²) in [6, 6.07) is 17.7. The number of hydrogen-bond acceptors (Lipinski definition) is 3. The number of hydrogen-bond donors (Lipinski definition) is 0. The summed E-state index contributed by atoms with van der Waals surface area (Å²) in [4.78, 5) is 2.04. The summed E-state index contributed by atoms with van der Waals surface area (Å²) in [5, 5.41) is 10.0. The fourth-order valence-electron chi connectivity index (χ4n) is 2.16. The quantitative estimate of drug-likeness (QED) is 0.788. The highest BCUT2D eigenvalue weighted by atomic mass is 35.5. The zero-order valence-corrected chi connectivity index (χ0v) is 13.5. The Morgan fingerprint density at radius 1 is 1.18 bits per heavy atom. The van der Waals surface area contributed by atoms with E-state index in [1.807, 2.05) is 55.4 Å². The van der Waals surface area contributed by atoms with Gasteiger partial charge in [-0.1, -0.05) is 29.8 Å². The predicted molar refractivity (Wildman–Crippen MR) is 90.7 cm³/mol. The first-order valence-electron chi connectivity index (χ1n) is 7.15. The minimum Gasteiger partial charge on any atom is -0.493 e. The van der Waals surface area contributed by atoms with Crippen LogP contribution in [-0.2, 0) is 0 Å². The van der Waals surface area contributed by atoms with Crippen LogP contribution in [0, 0.1) is 11.3 Å². The molecule has 0 heterocycles. The van der Waals surface area contributed by atoms with E-state index in [2.05, 4.69) is 6.07 Å². The van der Waals surface area contributed by atoms with Gasteiger partial charge in [0.25, 0.3) is 0 Å². The monoisotopic (exact) mass is 314 g/mol. The van der Waals surface area contributed by atoms with Gasteiger partial charge in [0.15, 0.2) is 0 Å². The SMILES string of the molecule is CN(C)c1ccc(C(C#N)CCOc2cccc(Cl)c2)cc1. The molecule has 114 valence electrons. The lowest BCUT2D eigenvalue weighted by Crippen LogP contribution is -2.09. The Labute approximate surface area is 136 Å². The van der Waals surface area contributed by atoms with Crippen LogP contribution in [0.3, 0.4) is 0 Å². The summed E-state index contributed by atoms with van der Waals surface area (Å²) in [6.45, 7) is 0.480. The number of benzene rings is 2. The molecule has 1 unspecified atom stereocenters. The minimum atomic E-state index is -0.171. The smallest absolute Gasteiger partial charge is 0.120 e. The topological polar surface area (TPSA) is 36.3 Å². The molecule has 0 aliphatic heterocycles. The van der Waals surface area contributed by atoms with Crippen molar-refractivity contribution in [2.24, 2.45) is 0 Å². The molecular weight excluding hydrogens is 296 g/mol. The molecule has 0 aliphatic carbocycles. The Morgan fingerprint density at radius 2 is 1.91 bits per heavy atom. The minimum absolute atomic E-state index is 0.171. The lowest BCUT2D eigenvalue weighted by molar-refractivity contribution is 0.306. The van der Waals surface area contributed by atoms with Crippen LogP contribution in [0.1, 0.15) is 17.9 Å². The van der Waals surface area contributed by atoms with Gasteiger partial charge in [-0.15, -0.1) is 0 Å². The van der Waals surface area contributed by atoms with E-state index in [0.717, 1.165) is 17.0 Å².